The number of hydrogen-bond acceptors (Lipinski definition) is 1. The van der Waals surface area contributed by atoms with E-state index in [0.717, 1.165) is 5.56 Å². The van der Waals surface area contributed by atoms with Gasteiger partial charge in [-0.25, -0.2) is 0 Å². The Labute approximate surface area is 89.3 Å². The third-order valence-corrected chi connectivity index (χ3v) is 2.30. The van der Waals surface area contributed by atoms with Gasteiger partial charge in [0.25, 0.3) is 0 Å². The van der Waals surface area contributed by atoms with Crippen LogP contribution in [0.25, 0.3) is 0 Å². The van der Waals surface area contributed by atoms with Crippen LogP contribution in [-0.2, 0) is 11.3 Å². The van der Waals surface area contributed by atoms with Gasteiger partial charge in [0, 0.05) is 17.5 Å². The maximum atomic E-state index is 11.3. The van der Waals surface area contributed by atoms with Crippen molar-refractivity contribution < 1.29 is 4.79 Å². The summed E-state index contributed by atoms with van der Waals surface area (Å²) in [6.07, 6.45) is 0. The maximum absolute atomic E-state index is 11.3. The van der Waals surface area contributed by atoms with Crippen molar-refractivity contribution in [2.45, 2.75) is 20.4 Å². The standard InChI is InChI=1S/C11H14ClNO/c1-8(2)11(14)13-7-9-5-3-4-6-10(9)12/h3-6,8H,7H2,1-2H3,(H,13,14). The second-order valence-electron chi connectivity index (χ2n) is 3.46. The zero-order valence-corrected chi connectivity index (χ0v) is 9.14. The van der Waals surface area contributed by atoms with Gasteiger partial charge < -0.3 is 5.32 Å². The fraction of sp³-hybridized carbons (Fsp3) is 0.364. The van der Waals surface area contributed by atoms with E-state index in [1.165, 1.54) is 0 Å². The van der Waals surface area contributed by atoms with Crippen LogP contribution in [0, 0.1) is 5.92 Å². The zero-order valence-electron chi connectivity index (χ0n) is 8.38. The fourth-order valence-corrected chi connectivity index (χ4v) is 1.23. The summed E-state index contributed by atoms with van der Waals surface area (Å²) in [7, 11) is 0. The van der Waals surface area contributed by atoms with Gasteiger partial charge in [-0.15, -0.1) is 0 Å². The number of carbonyl (C=O) groups excluding carboxylic acids is 1. The molecule has 0 aliphatic heterocycles. The summed E-state index contributed by atoms with van der Waals surface area (Å²) in [6, 6.07) is 7.50. The molecule has 0 fully saturated rings. The summed E-state index contributed by atoms with van der Waals surface area (Å²) in [5, 5.41) is 3.51. The van der Waals surface area contributed by atoms with Gasteiger partial charge in [0.2, 0.25) is 5.91 Å². The second kappa shape index (κ2) is 5.01. The highest BCUT2D eigenvalue weighted by Gasteiger charge is 2.06. The molecule has 0 atom stereocenters. The average molecular weight is 212 g/mol. The molecule has 1 amide bonds. The van der Waals surface area contributed by atoms with Crippen LogP contribution in [0.4, 0.5) is 0 Å². The Balaban J connectivity index is 2.54. The molecule has 0 saturated heterocycles. The summed E-state index contributed by atoms with van der Waals surface area (Å²) in [5.74, 6) is 0.0578. The third-order valence-electron chi connectivity index (χ3n) is 1.94. The predicted octanol–water partition coefficient (Wildman–Crippen LogP) is 2.61. The summed E-state index contributed by atoms with van der Waals surface area (Å²) < 4.78 is 0. The lowest BCUT2D eigenvalue weighted by Crippen LogP contribution is -2.27. The summed E-state index contributed by atoms with van der Waals surface area (Å²) in [5.41, 5.74) is 0.947. The van der Waals surface area contributed by atoms with Gasteiger partial charge in [-0.05, 0) is 11.6 Å². The highest BCUT2D eigenvalue weighted by atomic mass is 35.5. The van der Waals surface area contributed by atoms with Gasteiger partial charge in [0.15, 0.2) is 0 Å². The van der Waals surface area contributed by atoms with Crippen molar-refractivity contribution in [3.63, 3.8) is 0 Å². The number of amides is 1. The lowest BCUT2D eigenvalue weighted by molar-refractivity contribution is -0.124. The minimum atomic E-state index is 0.0116. The first kappa shape index (κ1) is 11.1. The first-order valence-electron chi connectivity index (χ1n) is 4.62. The molecule has 0 spiro atoms. The average Bonchev–Trinajstić information content (AvgIpc) is 2.16. The molecule has 1 rings (SSSR count). The van der Waals surface area contributed by atoms with Crippen molar-refractivity contribution in [3.05, 3.63) is 34.9 Å². The molecule has 0 bridgehead atoms. The van der Waals surface area contributed by atoms with E-state index in [1.54, 1.807) is 0 Å². The van der Waals surface area contributed by atoms with E-state index in [1.807, 2.05) is 38.1 Å². The molecule has 0 saturated carbocycles. The van der Waals surface area contributed by atoms with Gasteiger partial charge in [-0.2, -0.15) is 0 Å². The third kappa shape index (κ3) is 3.04. The molecule has 0 radical (unpaired) electrons. The van der Waals surface area contributed by atoms with Crippen LogP contribution in [0.15, 0.2) is 24.3 Å². The van der Waals surface area contributed by atoms with Crippen LogP contribution in [0.2, 0.25) is 5.02 Å². The summed E-state index contributed by atoms with van der Waals surface area (Å²) in [4.78, 5) is 11.3. The van der Waals surface area contributed by atoms with Crippen LogP contribution in [0.1, 0.15) is 19.4 Å². The van der Waals surface area contributed by atoms with E-state index < -0.39 is 0 Å². The van der Waals surface area contributed by atoms with Crippen molar-refractivity contribution >= 4 is 17.5 Å². The molecule has 0 heterocycles. The Morgan fingerprint density at radius 2 is 2.07 bits per heavy atom. The molecule has 0 aliphatic rings. The van der Waals surface area contributed by atoms with E-state index in [-0.39, 0.29) is 11.8 Å². The molecule has 14 heavy (non-hydrogen) atoms. The molecule has 0 unspecified atom stereocenters. The van der Waals surface area contributed by atoms with Gasteiger partial charge in [-0.3, -0.25) is 4.79 Å². The lowest BCUT2D eigenvalue weighted by atomic mass is 10.2. The Morgan fingerprint density at radius 1 is 1.43 bits per heavy atom. The van der Waals surface area contributed by atoms with Crippen LogP contribution in [-0.4, -0.2) is 5.91 Å². The molecule has 2 nitrogen and oxygen atoms in total. The van der Waals surface area contributed by atoms with Crippen LogP contribution in [0.5, 0.6) is 0 Å². The number of benzene rings is 1. The van der Waals surface area contributed by atoms with E-state index in [4.69, 9.17) is 11.6 Å². The van der Waals surface area contributed by atoms with Gasteiger partial charge in [-0.1, -0.05) is 43.6 Å². The highest BCUT2D eigenvalue weighted by Crippen LogP contribution is 2.14. The minimum absolute atomic E-state index is 0.0116. The number of halogens is 1. The van der Waals surface area contributed by atoms with E-state index >= 15 is 0 Å². The molecule has 1 aromatic rings. The normalized spacial score (nSPS) is 10.3. The lowest BCUT2D eigenvalue weighted by Gasteiger charge is -2.08. The molecular weight excluding hydrogens is 198 g/mol. The molecule has 0 aliphatic carbocycles. The smallest absolute Gasteiger partial charge is 0.222 e. The monoisotopic (exact) mass is 211 g/mol. The number of nitrogens with one attached hydrogen (secondary N) is 1. The molecule has 3 heteroatoms. The Bertz CT molecular complexity index is 323. The molecule has 76 valence electrons. The zero-order chi connectivity index (χ0) is 10.6. The van der Waals surface area contributed by atoms with Gasteiger partial charge >= 0.3 is 0 Å². The van der Waals surface area contributed by atoms with Crippen LogP contribution in [0.3, 0.4) is 0 Å². The van der Waals surface area contributed by atoms with Crippen molar-refractivity contribution in [2.75, 3.05) is 0 Å². The first-order chi connectivity index (χ1) is 6.61. The Hall–Kier alpha value is -1.02. The van der Waals surface area contributed by atoms with Crippen LogP contribution < -0.4 is 5.32 Å². The second-order valence-corrected chi connectivity index (χ2v) is 3.87. The summed E-state index contributed by atoms with van der Waals surface area (Å²) >= 11 is 5.94. The van der Waals surface area contributed by atoms with Crippen molar-refractivity contribution in [3.8, 4) is 0 Å². The van der Waals surface area contributed by atoms with E-state index in [0.29, 0.717) is 11.6 Å². The van der Waals surface area contributed by atoms with Crippen molar-refractivity contribution in [1.82, 2.24) is 5.32 Å². The Morgan fingerprint density at radius 3 is 2.64 bits per heavy atom. The van der Waals surface area contributed by atoms with Gasteiger partial charge in [0.1, 0.15) is 0 Å². The quantitative estimate of drug-likeness (QED) is 0.818. The predicted molar refractivity (Wildman–Crippen MR) is 58.1 cm³/mol. The molecule has 1 N–H and O–H groups in total. The van der Waals surface area contributed by atoms with E-state index in [2.05, 4.69) is 5.32 Å². The Kier molecular flexibility index (Phi) is 3.96. The SMILES string of the molecule is CC(C)C(=O)NCc1ccccc1Cl. The first-order valence-corrected chi connectivity index (χ1v) is 5.00. The van der Waals surface area contributed by atoms with Crippen molar-refractivity contribution in [2.24, 2.45) is 5.92 Å². The minimum Gasteiger partial charge on any atom is -0.352 e. The molecule has 0 aromatic heterocycles. The largest absolute Gasteiger partial charge is 0.352 e. The topological polar surface area (TPSA) is 29.1 Å². The van der Waals surface area contributed by atoms with E-state index in [9.17, 15) is 4.79 Å². The number of hydrogen-bond donors (Lipinski definition) is 1. The number of rotatable bonds is 3. The summed E-state index contributed by atoms with van der Waals surface area (Å²) in [6.45, 7) is 4.22. The van der Waals surface area contributed by atoms with Gasteiger partial charge in [0.05, 0.1) is 0 Å². The highest BCUT2D eigenvalue weighted by molar-refractivity contribution is 6.31. The maximum Gasteiger partial charge on any atom is 0.222 e. The van der Waals surface area contributed by atoms with Crippen LogP contribution >= 0.6 is 11.6 Å². The fourth-order valence-electron chi connectivity index (χ4n) is 1.03. The van der Waals surface area contributed by atoms with Crippen molar-refractivity contribution in [1.29, 1.82) is 0 Å². The number of carbonyl (C=O) groups is 1. The molecular formula is C11H14ClNO. The molecule has 1 aromatic carbocycles.